The molecule has 1 atom stereocenters. The van der Waals surface area contributed by atoms with E-state index in [1.807, 2.05) is 24.3 Å². The van der Waals surface area contributed by atoms with E-state index in [-0.39, 0.29) is 39.8 Å². The fourth-order valence-corrected chi connectivity index (χ4v) is 7.03. The van der Waals surface area contributed by atoms with Crippen LogP contribution >= 0.6 is 0 Å². The highest BCUT2D eigenvalue weighted by Gasteiger charge is 2.40. The van der Waals surface area contributed by atoms with Gasteiger partial charge in [0.1, 0.15) is 47.1 Å². The fourth-order valence-electron chi connectivity index (χ4n) is 7.03. The highest BCUT2D eigenvalue weighted by Crippen LogP contribution is 2.54. The number of allylic oxidation sites excluding steroid dienone is 6. The van der Waals surface area contributed by atoms with Gasteiger partial charge in [0.25, 0.3) is 0 Å². The topological polar surface area (TPSA) is 95.2 Å². The summed E-state index contributed by atoms with van der Waals surface area (Å²) in [4.78, 5) is 0. The third-order valence-electron chi connectivity index (χ3n) is 9.34. The molecule has 0 amide bonds. The predicted molar refractivity (Wildman–Crippen MR) is 173 cm³/mol. The highest BCUT2D eigenvalue weighted by molar-refractivity contribution is 6.11. The van der Waals surface area contributed by atoms with Gasteiger partial charge in [-0.2, -0.15) is 47.4 Å². The first-order chi connectivity index (χ1) is 24.7. The molecule has 0 saturated carbocycles. The van der Waals surface area contributed by atoms with Gasteiger partial charge in [-0.25, -0.2) is 8.78 Å². The number of nitrogens with zero attached hydrogens (tertiary/aromatic N) is 4. The minimum Gasteiger partial charge on any atom is -0.207 e. The maximum absolute atomic E-state index is 14.1. The second-order valence-electron chi connectivity index (χ2n) is 12.1. The van der Waals surface area contributed by atoms with Gasteiger partial charge in [-0.3, -0.25) is 0 Å². The van der Waals surface area contributed by atoms with Crippen molar-refractivity contribution in [1.29, 1.82) is 21.0 Å². The SMILES string of the molecule is N#CC(C#N)=C1c2cc(-c3ccc(F)c(C(F)(F)F)c3)ccc2-c2cc3c(cc21)C(=C(C#N)C#N)c1cc([C@H]2C=C(C(F)(F)F)C(F)=CC2)ccc1-3. The zero-order chi connectivity index (χ0) is 37.3. The van der Waals surface area contributed by atoms with Crippen LogP contribution in [0.5, 0.6) is 0 Å². The number of hydrogen-bond donors (Lipinski definition) is 0. The Labute approximate surface area is 290 Å². The number of rotatable bonds is 2. The Hall–Kier alpha value is -6.76. The zero-order valence-corrected chi connectivity index (χ0v) is 26.1. The molecule has 0 aliphatic heterocycles. The van der Waals surface area contributed by atoms with E-state index in [2.05, 4.69) is 0 Å². The number of nitriles is 4. The average molecular weight is 705 g/mol. The average Bonchev–Trinajstić information content (AvgIpc) is 3.59. The molecule has 0 radical (unpaired) electrons. The van der Waals surface area contributed by atoms with Gasteiger partial charge in [-0.05, 0) is 110 Å². The van der Waals surface area contributed by atoms with Gasteiger partial charge in [0.15, 0.2) is 0 Å². The first-order valence-corrected chi connectivity index (χ1v) is 15.3. The molecule has 4 nitrogen and oxygen atoms in total. The summed E-state index contributed by atoms with van der Waals surface area (Å²) in [7, 11) is 0. The molecule has 0 saturated heterocycles. The molecule has 7 rings (SSSR count). The smallest absolute Gasteiger partial charge is 0.207 e. The summed E-state index contributed by atoms with van der Waals surface area (Å²) >= 11 is 0. The summed E-state index contributed by atoms with van der Waals surface area (Å²) in [5, 5.41) is 39.9. The molecule has 4 aromatic rings. The molecule has 0 N–H and O–H groups in total. The molecule has 252 valence electrons. The van der Waals surface area contributed by atoms with Crippen molar-refractivity contribution in [2.45, 2.75) is 24.7 Å². The first kappa shape index (κ1) is 33.7. The summed E-state index contributed by atoms with van der Waals surface area (Å²) in [6.45, 7) is 0. The molecule has 52 heavy (non-hydrogen) atoms. The summed E-state index contributed by atoms with van der Waals surface area (Å²) in [6.07, 6.45) is -8.30. The third kappa shape index (κ3) is 5.25. The molecule has 3 aliphatic carbocycles. The Morgan fingerprint density at radius 1 is 0.558 bits per heavy atom. The van der Waals surface area contributed by atoms with E-state index >= 15 is 0 Å². The minimum absolute atomic E-state index is 0.0285. The van der Waals surface area contributed by atoms with E-state index < -0.39 is 41.1 Å². The van der Waals surface area contributed by atoms with Gasteiger partial charge in [-0.15, -0.1) is 0 Å². The van der Waals surface area contributed by atoms with Crippen LogP contribution in [0, 0.1) is 51.1 Å². The number of fused-ring (bicyclic) bond motifs is 6. The quantitative estimate of drug-likeness (QED) is 0.132. The lowest BCUT2D eigenvalue weighted by atomic mass is 9.86. The summed E-state index contributed by atoms with van der Waals surface area (Å²) in [5.74, 6) is -3.70. The van der Waals surface area contributed by atoms with E-state index in [0.717, 1.165) is 12.2 Å². The molecule has 0 aromatic heterocycles. The van der Waals surface area contributed by atoms with Crippen LogP contribution in [-0.4, -0.2) is 6.18 Å². The van der Waals surface area contributed by atoms with Gasteiger partial charge in [-0.1, -0.05) is 36.4 Å². The normalized spacial score (nSPS) is 15.5. The Balaban J connectivity index is 1.43. The van der Waals surface area contributed by atoms with E-state index in [1.165, 1.54) is 18.2 Å². The Bertz CT molecular complexity index is 2560. The summed E-state index contributed by atoms with van der Waals surface area (Å²) in [5.41, 5.74) is 0.927. The zero-order valence-electron chi connectivity index (χ0n) is 26.1. The van der Waals surface area contributed by atoms with Crippen molar-refractivity contribution in [2.75, 3.05) is 0 Å². The Kier molecular flexibility index (Phi) is 7.74. The fraction of sp³-hybridized carbons (Fsp3) is 0.100. The van der Waals surface area contributed by atoms with Crippen LogP contribution in [0.1, 0.15) is 45.7 Å². The second-order valence-corrected chi connectivity index (χ2v) is 12.1. The van der Waals surface area contributed by atoms with E-state index in [4.69, 9.17) is 0 Å². The molecule has 0 heterocycles. The lowest BCUT2D eigenvalue weighted by Gasteiger charge is -2.21. The molecule has 0 unspecified atom stereocenters. The second kappa shape index (κ2) is 11.9. The standard InChI is InChI=1S/C40H16F8N4/c41-35-7-3-21(11-33(35)39(43,44)45)19-1-5-25-27-13-28-26-6-2-20(22-4-8-36(42)34(12-22)40(46,47)48)10-30(26)38(24(17-51)18-52)32(28)14-31(27)37(29(25)9-19)23(15-49)16-50/h1-3,5-14,22H,4H2/t22-/m1/s1. The first-order valence-electron chi connectivity index (χ1n) is 15.3. The van der Waals surface area contributed by atoms with E-state index in [0.29, 0.717) is 62.2 Å². The number of hydrogen-bond acceptors (Lipinski definition) is 4. The van der Waals surface area contributed by atoms with Crippen LogP contribution in [0.2, 0.25) is 0 Å². The van der Waals surface area contributed by atoms with Crippen LogP contribution in [-0.2, 0) is 6.18 Å². The lowest BCUT2D eigenvalue weighted by Crippen LogP contribution is -2.16. The molecule has 4 aromatic carbocycles. The van der Waals surface area contributed by atoms with Gasteiger partial charge >= 0.3 is 12.4 Å². The Morgan fingerprint density at radius 2 is 1.06 bits per heavy atom. The number of benzene rings is 4. The van der Waals surface area contributed by atoms with E-state index in [1.54, 1.807) is 36.4 Å². The molecular formula is C40H16F8N4. The van der Waals surface area contributed by atoms with Crippen molar-refractivity contribution >= 4 is 11.1 Å². The maximum atomic E-state index is 14.1. The summed E-state index contributed by atoms with van der Waals surface area (Å²) < 4.78 is 109. The van der Waals surface area contributed by atoms with Crippen molar-refractivity contribution in [3.8, 4) is 57.7 Å². The number of halogens is 8. The van der Waals surface area contributed by atoms with Crippen molar-refractivity contribution in [2.24, 2.45) is 0 Å². The van der Waals surface area contributed by atoms with Gasteiger partial charge in [0, 0.05) is 17.1 Å². The monoisotopic (exact) mass is 704 g/mol. The maximum Gasteiger partial charge on any atom is 0.419 e. The van der Waals surface area contributed by atoms with Crippen molar-refractivity contribution < 1.29 is 35.1 Å². The molecule has 3 aliphatic rings. The predicted octanol–water partition coefficient (Wildman–Crippen LogP) is 11.0. The van der Waals surface area contributed by atoms with Crippen LogP contribution in [0.25, 0.3) is 44.5 Å². The van der Waals surface area contributed by atoms with Crippen LogP contribution < -0.4 is 0 Å². The van der Waals surface area contributed by atoms with Gasteiger partial charge in [0.2, 0.25) is 0 Å². The molecule has 0 spiro atoms. The third-order valence-corrected chi connectivity index (χ3v) is 9.34. The Morgan fingerprint density at radius 3 is 1.62 bits per heavy atom. The number of alkyl halides is 6. The van der Waals surface area contributed by atoms with Crippen LogP contribution in [0.4, 0.5) is 35.1 Å². The lowest BCUT2D eigenvalue weighted by molar-refractivity contribution is -0.139. The van der Waals surface area contributed by atoms with Crippen LogP contribution in [0.3, 0.4) is 0 Å². The van der Waals surface area contributed by atoms with Crippen molar-refractivity contribution in [1.82, 2.24) is 0 Å². The molecule has 0 fully saturated rings. The minimum atomic E-state index is -4.96. The van der Waals surface area contributed by atoms with E-state index in [9.17, 15) is 56.2 Å². The largest absolute Gasteiger partial charge is 0.419 e. The van der Waals surface area contributed by atoms with Crippen LogP contribution in [0.15, 0.2) is 101 Å². The molecule has 12 heteroatoms. The summed E-state index contributed by atoms with van der Waals surface area (Å²) in [6, 6.07) is 22.7. The molecule has 0 bridgehead atoms. The van der Waals surface area contributed by atoms with Crippen molar-refractivity contribution in [3.63, 3.8) is 0 Å². The molecular weight excluding hydrogens is 688 g/mol. The van der Waals surface area contributed by atoms with Crippen molar-refractivity contribution in [3.05, 3.63) is 141 Å². The highest BCUT2D eigenvalue weighted by atomic mass is 19.4. The van der Waals surface area contributed by atoms with Gasteiger partial charge < -0.3 is 0 Å². The van der Waals surface area contributed by atoms with Gasteiger partial charge in [0.05, 0.1) is 11.1 Å².